The molecule has 0 aliphatic carbocycles. The molecule has 0 unspecified atom stereocenters. The number of nitrogens with zero attached hydrogens (tertiary/aromatic N) is 1. The number of pyridine rings is 1. The van der Waals surface area contributed by atoms with Crippen LogP contribution in [0.15, 0.2) is 44.6 Å². The van der Waals surface area contributed by atoms with Crippen molar-refractivity contribution in [3.05, 3.63) is 45.9 Å². The monoisotopic (exact) mass is 303 g/mol. The van der Waals surface area contributed by atoms with Crippen molar-refractivity contribution in [2.24, 2.45) is 0 Å². The highest BCUT2D eigenvalue weighted by Crippen LogP contribution is 2.29. The zero-order valence-corrected chi connectivity index (χ0v) is 10.8. The molecule has 2 aromatic heterocycles. The van der Waals surface area contributed by atoms with E-state index in [2.05, 4.69) is 20.9 Å². The van der Waals surface area contributed by atoms with E-state index in [-0.39, 0.29) is 0 Å². The molecule has 0 atom stereocenters. The minimum atomic E-state index is 0.629. The Labute approximate surface area is 105 Å². The summed E-state index contributed by atoms with van der Waals surface area (Å²) in [5, 5.41) is 1.54. The molecule has 5 heteroatoms. The van der Waals surface area contributed by atoms with Crippen molar-refractivity contribution < 1.29 is 4.42 Å². The van der Waals surface area contributed by atoms with Gasteiger partial charge in [0, 0.05) is 6.20 Å². The zero-order chi connectivity index (χ0) is 10.7. The summed E-state index contributed by atoms with van der Waals surface area (Å²) < 4.78 is 6.14. The number of hydrogen-bond donors (Lipinski definition) is 0. The molecule has 0 amide bonds. The molecule has 2 rings (SSSR count). The smallest absolute Gasteiger partial charge is 0.114 e. The standard InChI is InChI=1S/C10H7BrClNOS/c11-9-4-7(12)5-13-10(9)15-6-8-2-1-3-14-8/h1-5H,6H2. The van der Waals surface area contributed by atoms with Gasteiger partial charge in [0.1, 0.15) is 10.8 Å². The third-order valence-electron chi connectivity index (χ3n) is 1.71. The third-order valence-corrected chi connectivity index (χ3v) is 3.81. The van der Waals surface area contributed by atoms with Crippen LogP contribution < -0.4 is 0 Å². The summed E-state index contributed by atoms with van der Waals surface area (Å²) in [7, 11) is 0. The van der Waals surface area contributed by atoms with E-state index in [1.54, 1.807) is 24.2 Å². The molecule has 15 heavy (non-hydrogen) atoms. The first-order valence-electron chi connectivity index (χ1n) is 4.22. The molecular weight excluding hydrogens is 298 g/mol. The van der Waals surface area contributed by atoms with Gasteiger partial charge in [0.05, 0.1) is 21.5 Å². The summed E-state index contributed by atoms with van der Waals surface area (Å²) in [6.07, 6.45) is 3.30. The average Bonchev–Trinajstić information content (AvgIpc) is 2.69. The van der Waals surface area contributed by atoms with Crippen molar-refractivity contribution in [2.45, 2.75) is 10.8 Å². The molecule has 0 aromatic carbocycles. The summed E-state index contributed by atoms with van der Waals surface area (Å²) in [4.78, 5) is 4.22. The highest BCUT2D eigenvalue weighted by molar-refractivity contribution is 9.10. The Bertz CT molecular complexity index is 447. The normalized spacial score (nSPS) is 10.5. The molecule has 0 bridgehead atoms. The van der Waals surface area contributed by atoms with Crippen LogP contribution in [0.2, 0.25) is 5.02 Å². The first-order chi connectivity index (χ1) is 7.25. The van der Waals surface area contributed by atoms with Gasteiger partial charge < -0.3 is 4.42 Å². The van der Waals surface area contributed by atoms with Crippen LogP contribution in [0, 0.1) is 0 Å². The topological polar surface area (TPSA) is 26.0 Å². The lowest BCUT2D eigenvalue weighted by molar-refractivity contribution is 0.530. The highest BCUT2D eigenvalue weighted by atomic mass is 79.9. The van der Waals surface area contributed by atoms with Gasteiger partial charge in [-0.15, -0.1) is 0 Å². The van der Waals surface area contributed by atoms with Gasteiger partial charge in [0.15, 0.2) is 0 Å². The summed E-state index contributed by atoms with van der Waals surface area (Å²) in [6, 6.07) is 5.65. The second kappa shape index (κ2) is 5.05. The van der Waals surface area contributed by atoms with Gasteiger partial charge in [-0.3, -0.25) is 0 Å². The Morgan fingerprint density at radius 2 is 2.40 bits per heavy atom. The molecular formula is C10H7BrClNOS. The minimum absolute atomic E-state index is 0.629. The quantitative estimate of drug-likeness (QED) is 0.787. The second-order valence-corrected chi connectivity index (χ2v) is 5.06. The lowest BCUT2D eigenvalue weighted by Gasteiger charge is -2.01. The van der Waals surface area contributed by atoms with Gasteiger partial charge in [-0.25, -0.2) is 4.98 Å². The number of furan rings is 1. The number of thioether (sulfide) groups is 1. The van der Waals surface area contributed by atoms with Crippen molar-refractivity contribution in [2.75, 3.05) is 0 Å². The third kappa shape index (κ3) is 3.00. The SMILES string of the molecule is Clc1cnc(SCc2ccco2)c(Br)c1. The van der Waals surface area contributed by atoms with E-state index in [1.807, 2.05) is 18.2 Å². The summed E-state index contributed by atoms with van der Waals surface area (Å²) >= 11 is 10.8. The van der Waals surface area contributed by atoms with E-state index in [1.165, 1.54) is 0 Å². The van der Waals surface area contributed by atoms with Crippen molar-refractivity contribution in [3.8, 4) is 0 Å². The molecule has 0 saturated carbocycles. The van der Waals surface area contributed by atoms with Crippen LogP contribution in [-0.2, 0) is 5.75 Å². The molecule has 0 fully saturated rings. The molecule has 0 spiro atoms. The van der Waals surface area contributed by atoms with Crippen LogP contribution in [0.3, 0.4) is 0 Å². The summed E-state index contributed by atoms with van der Waals surface area (Å²) in [6.45, 7) is 0. The van der Waals surface area contributed by atoms with Crippen LogP contribution >= 0.6 is 39.3 Å². The number of aromatic nitrogens is 1. The van der Waals surface area contributed by atoms with Crippen LogP contribution in [-0.4, -0.2) is 4.98 Å². The first-order valence-corrected chi connectivity index (χ1v) is 6.37. The number of hydrogen-bond acceptors (Lipinski definition) is 3. The van der Waals surface area contributed by atoms with Crippen LogP contribution in [0.25, 0.3) is 0 Å². The van der Waals surface area contributed by atoms with Crippen LogP contribution in [0.1, 0.15) is 5.76 Å². The van der Waals surface area contributed by atoms with E-state index in [4.69, 9.17) is 16.0 Å². The van der Waals surface area contributed by atoms with Crippen molar-refractivity contribution in [3.63, 3.8) is 0 Å². The Balaban J connectivity index is 2.05. The van der Waals surface area contributed by atoms with Crippen molar-refractivity contribution in [1.29, 1.82) is 0 Å². The van der Waals surface area contributed by atoms with E-state index in [0.717, 1.165) is 21.0 Å². The predicted molar refractivity (Wildman–Crippen MR) is 65.2 cm³/mol. The zero-order valence-electron chi connectivity index (χ0n) is 7.61. The van der Waals surface area contributed by atoms with Crippen LogP contribution in [0.4, 0.5) is 0 Å². The summed E-state index contributed by atoms with van der Waals surface area (Å²) in [5.41, 5.74) is 0. The van der Waals surface area contributed by atoms with E-state index < -0.39 is 0 Å². The van der Waals surface area contributed by atoms with Gasteiger partial charge in [0.2, 0.25) is 0 Å². The Morgan fingerprint density at radius 3 is 3.07 bits per heavy atom. The number of halogens is 2. The van der Waals surface area contributed by atoms with Gasteiger partial charge in [0.25, 0.3) is 0 Å². The molecule has 0 N–H and O–H groups in total. The molecule has 0 radical (unpaired) electrons. The Morgan fingerprint density at radius 1 is 1.53 bits per heavy atom. The average molecular weight is 305 g/mol. The van der Waals surface area contributed by atoms with Gasteiger partial charge in [-0.05, 0) is 34.1 Å². The van der Waals surface area contributed by atoms with Crippen molar-refractivity contribution in [1.82, 2.24) is 4.98 Å². The fourth-order valence-electron chi connectivity index (χ4n) is 1.04. The Hall–Kier alpha value is -0.450. The molecule has 2 aromatic rings. The minimum Gasteiger partial charge on any atom is -0.468 e. The fraction of sp³-hybridized carbons (Fsp3) is 0.100. The maximum atomic E-state index is 5.80. The maximum Gasteiger partial charge on any atom is 0.114 e. The van der Waals surface area contributed by atoms with E-state index >= 15 is 0 Å². The molecule has 2 heterocycles. The molecule has 78 valence electrons. The van der Waals surface area contributed by atoms with Crippen LogP contribution in [0.5, 0.6) is 0 Å². The van der Waals surface area contributed by atoms with E-state index in [0.29, 0.717) is 5.02 Å². The molecule has 0 aliphatic rings. The Kier molecular flexibility index (Phi) is 3.72. The maximum absolute atomic E-state index is 5.80. The van der Waals surface area contributed by atoms with Crippen molar-refractivity contribution >= 4 is 39.3 Å². The van der Waals surface area contributed by atoms with Gasteiger partial charge in [-0.2, -0.15) is 0 Å². The number of rotatable bonds is 3. The molecule has 0 aliphatic heterocycles. The largest absolute Gasteiger partial charge is 0.468 e. The second-order valence-electron chi connectivity index (χ2n) is 2.81. The van der Waals surface area contributed by atoms with E-state index in [9.17, 15) is 0 Å². The van der Waals surface area contributed by atoms with Gasteiger partial charge >= 0.3 is 0 Å². The summed E-state index contributed by atoms with van der Waals surface area (Å²) in [5.74, 6) is 1.70. The lowest BCUT2D eigenvalue weighted by atomic mass is 10.5. The first kappa shape index (κ1) is 11.0. The lowest BCUT2D eigenvalue weighted by Crippen LogP contribution is -1.83. The molecule has 2 nitrogen and oxygen atoms in total. The molecule has 0 saturated heterocycles. The fourth-order valence-corrected chi connectivity index (χ4v) is 2.79. The highest BCUT2D eigenvalue weighted by Gasteiger charge is 2.04. The van der Waals surface area contributed by atoms with Gasteiger partial charge in [-0.1, -0.05) is 23.4 Å². The predicted octanol–water partition coefficient (Wildman–Crippen LogP) is 4.38.